The maximum atomic E-state index is 13.0. The van der Waals surface area contributed by atoms with E-state index < -0.39 is 5.82 Å². The number of nitrogens with zero attached hydrogens (tertiary/aromatic N) is 1. The van der Waals surface area contributed by atoms with Crippen LogP contribution in [0.5, 0.6) is 0 Å². The molecule has 0 radical (unpaired) electrons. The molecule has 0 aliphatic heterocycles. The molecule has 0 saturated heterocycles. The number of rotatable bonds is 3. The summed E-state index contributed by atoms with van der Waals surface area (Å²) >= 11 is 5.70. The van der Waals surface area contributed by atoms with Gasteiger partial charge in [0.05, 0.1) is 17.3 Å². The van der Waals surface area contributed by atoms with E-state index in [0.717, 1.165) is 5.56 Å². The lowest BCUT2D eigenvalue weighted by atomic mass is 10.2. The van der Waals surface area contributed by atoms with E-state index in [-0.39, 0.29) is 5.02 Å². The van der Waals surface area contributed by atoms with E-state index in [4.69, 9.17) is 17.4 Å². The highest BCUT2D eigenvalue weighted by Gasteiger charge is 2.06. The lowest BCUT2D eigenvalue weighted by molar-refractivity contribution is 0.628. The Balaban J connectivity index is 2.14. The van der Waals surface area contributed by atoms with Crippen LogP contribution in [0.1, 0.15) is 5.56 Å². The van der Waals surface area contributed by atoms with Gasteiger partial charge in [0.25, 0.3) is 0 Å². The number of nitrogens with two attached hydrogens (primary N) is 1. The van der Waals surface area contributed by atoms with Gasteiger partial charge >= 0.3 is 0 Å². The van der Waals surface area contributed by atoms with Gasteiger partial charge in [-0.15, -0.1) is 0 Å². The van der Waals surface area contributed by atoms with Gasteiger partial charge in [0, 0.05) is 0 Å². The Morgan fingerprint density at radius 2 is 1.82 bits per heavy atom. The van der Waals surface area contributed by atoms with E-state index in [1.807, 2.05) is 30.3 Å². The summed E-state index contributed by atoms with van der Waals surface area (Å²) in [6.45, 7) is 0.544. The molecule has 2 N–H and O–H groups in total. The highest BCUT2D eigenvalue weighted by Crippen LogP contribution is 2.22. The van der Waals surface area contributed by atoms with Crippen molar-refractivity contribution in [1.82, 2.24) is 0 Å². The van der Waals surface area contributed by atoms with E-state index in [2.05, 4.69) is 0 Å². The zero-order chi connectivity index (χ0) is 12.3. The van der Waals surface area contributed by atoms with Gasteiger partial charge in [-0.1, -0.05) is 41.9 Å². The Kier molecular flexibility index (Phi) is 3.61. The van der Waals surface area contributed by atoms with Crippen LogP contribution < -0.4 is 10.9 Å². The first-order chi connectivity index (χ1) is 8.16. The molecule has 0 amide bonds. The van der Waals surface area contributed by atoms with Crippen molar-refractivity contribution < 1.29 is 4.39 Å². The predicted molar refractivity (Wildman–Crippen MR) is 68.2 cm³/mol. The number of benzene rings is 2. The van der Waals surface area contributed by atoms with Gasteiger partial charge in [-0.3, -0.25) is 0 Å². The number of anilines is 1. The number of halogens is 2. The van der Waals surface area contributed by atoms with Gasteiger partial charge in [-0.05, 0) is 23.8 Å². The van der Waals surface area contributed by atoms with Gasteiger partial charge in [-0.2, -0.15) is 0 Å². The van der Waals surface area contributed by atoms with Crippen LogP contribution in [0.15, 0.2) is 48.5 Å². The third-order valence-corrected chi connectivity index (χ3v) is 2.72. The number of hydrogen-bond acceptors (Lipinski definition) is 2. The fraction of sp³-hybridized carbons (Fsp3) is 0.0769. The average molecular weight is 251 g/mol. The third-order valence-electron chi connectivity index (χ3n) is 2.43. The molecule has 17 heavy (non-hydrogen) atoms. The highest BCUT2D eigenvalue weighted by molar-refractivity contribution is 6.31. The molecule has 4 heteroatoms. The van der Waals surface area contributed by atoms with Crippen LogP contribution in [0, 0.1) is 5.82 Å². The summed E-state index contributed by atoms with van der Waals surface area (Å²) in [5, 5.41) is 1.60. The molecule has 0 fully saturated rings. The molecule has 2 rings (SSSR count). The van der Waals surface area contributed by atoms with Crippen molar-refractivity contribution in [2.24, 2.45) is 5.84 Å². The topological polar surface area (TPSA) is 29.3 Å². The van der Waals surface area contributed by atoms with Gasteiger partial charge in [0.2, 0.25) is 0 Å². The minimum absolute atomic E-state index is 0.0750. The number of hydrazine groups is 1. The first-order valence-corrected chi connectivity index (χ1v) is 5.56. The summed E-state index contributed by atoms with van der Waals surface area (Å²) in [5.41, 5.74) is 1.76. The Morgan fingerprint density at radius 3 is 2.47 bits per heavy atom. The van der Waals surface area contributed by atoms with Crippen molar-refractivity contribution in [3.05, 3.63) is 64.9 Å². The van der Waals surface area contributed by atoms with E-state index >= 15 is 0 Å². The first-order valence-electron chi connectivity index (χ1n) is 5.18. The fourth-order valence-corrected chi connectivity index (χ4v) is 1.71. The minimum atomic E-state index is -0.441. The Hall–Kier alpha value is -1.58. The van der Waals surface area contributed by atoms with Crippen LogP contribution in [0.3, 0.4) is 0 Å². The Morgan fingerprint density at radius 1 is 1.12 bits per heavy atom. The van der Waals surface area contributed by atoms with Crippen molar-refractivity contribution in [2.45, 2.75) is 6.54 Å². The lowest BCUT2D eigenvalue weighted by Crippen LogP contribution is -2.29. The molecule has 0 aliphatic carbocycles. The van der Waals surface area contributed by atoms with E-state index in [0.29, 0.717) is 12.2 Å². The summed E-state index contributed by atoms with van der Waals surface area (Å²) in [7, 11) is 0. The van der Waals surface area contributed by atoms with E-state index in [9.17, 15) is 4.39 Å². The molecule has 0 heterocycles. The van der Waals surface area contributed by atoms with Crippen LogP contribution in [-0.2, 0) is 6.54 Å². The largest absolute Gasteiger partial charge is 0.307 e. The standard InChI is InChI=1S/C13H12ClFN2/c14-12-8-11(6-7-13(12)15)17(16)9-10-4-2-1-3-5-10/h1-8H,9,16H2. The molecule has 0 aromatic heterocycles. The summed E-state index contributed by atoms with van der Waals surface area (Å²) < 4.78 is 13.0. The minimum Gasteiger partial charge on any atom is -0.307 e. The van der Waals surface area contributed by atoms with Crippen LogP contribution >= 0.6 is 11.6 Å². The van der Waals surface area contributed by atoms with Crippen molar-refractivity contribution in [3.8, 4) is 0 Å². The lowest BCUT2D eigenvalue weighted by Gasteiger charge is -2.19. The van der Waals surface area contributed by atoms with Gasteiger partial charge in [0.1, 0.15) is 5.82 Å². The zero-order valence-corrected chi connectivity index (χ0v) is 9.86. The summed E-state index contributed by atoms with van der Waals surface area (Å²) in [6, 6.07) is 14.2. The van der Waals surface area contributed by atoms with Gasteiger partial charge in [-0.25, -0.2) is 10.2 Å². The number of hydrogen-bond donors (Lipinski definition) is 1. The van der Waals surface area contributed by atoms with Crippen molar-refractivity contribution in [1.29, 1.82) is 0 Å². The fourth-order valence-electron chi connectivity index (χ4n) is 1.54. The maximum Gasteiger partial charge on any atom is 0.141 e. The molecular weight excluding hydrogens is 239 g/mol. The second-order valence-corrected chi connectivity index (χ2v) is 4.12. The summed E-state index contributed by atoms with van der Waals surface area (Å²) in [4.78, 5) is 0. The Labute approximate surface area is 104 Å². The molecule has 0 saturated carbocycles. The molecule has 2 aromatic carbocycles. The van der Waals surface area contributed by atoms with Gasteiger partial charge in [0.15, 0.2) is 0 Å². The zero-order valence-electron chi connectivity index (χ0n) is 9.11. The molecule has 0 bridgehead atoms. The Bertz CT molecular complexity index is 502. The molecule has 0 unspecified atom stereocenters. The quantitative estimate of drug-likeness (QED) is 0.669. The van der Waals surface area contributed by atoms with Crippen LogP contribution in [0.25, 0.3) is 0 Å². The van der Waals surface area contributed by atoms with Crippen LogP contribution in [0.4, 0.5) is 10.1 Å². The normalized spacial score (nSPS) is 10.3. The summed E-state index contributed by atoms with van der Waals surface area (Å²) in [5.74, 6) is 5.46. The molecule has 2 nitrogen and oxygen atoms in total. The monoisotopic (exact) mass is 250 g/mol. The smallest absolute Gasteiger partial charge is 0.141 e. The molecule has 0 spiro atoms. The molecule has 2 aromatic rings. The second-order valence-electron chi connectivity index (χ2n) is 3.71. The molecule has 88 valence electrons. The molecule has 0 aliphatic rings. The predicted octanol–water partition coefficient (Wildman–Crippen LogP) is 3.36. The highest BCUT2D eigenvalue weighted by atomic mass is 35.5. The maximum absolute atomic E-state index is 13.0. The molecule has 0 atom stereocenters. The van der Waals surface area contributed by atoms with Crippen molar-refractivity contribution in [3.63, 3.8) is 0 Å². The molecular formula is C13H12ClFN2. The van der Waals surface area contributed by atoms with E-state index in [1.165, 1.54) is 17.1 Å². The third kappa shape index (κ3) is 2.96. The van der Waals surface area contributed by atoms with Gasteiger partial charge < -0.3 is 5.01 Å². The van der Waals surface area contributed by atoms with Crippen molar-refractivity contribution in [2.75, 3.05) is 5.01 Å². The van der Waals surface area contributed by atoms with Crippen molar-refractivity contribution >= 4 is 17.3 Å². The SMILES string of the molecule is NN(Cc1ccccc1)c1ccc(F)c(Cl)c1. The van der Waals surface area contributed by atoms with Crippen LogP contribution in [-0.4, -0.2) is 0 Å². The first kappa shape index (κ1) is 11.9. The van der Waals surface area contributed by atoms with E-state index in [1.54, 1.807) is 6.07 Å². The van der Waals surface area contributed by atoms with Crippen LogP contribution in [0.2, 0.25) is 5.02 Å². The second kappa shape index (κ2) is 5.17. The summed E-state index contributed by atoms with van der Waals surface area (Å²) in [6.07, 6.45) is 0. The average Bonchev–Trinajstić information content (AvgIpc) is 2.34.